The fourth-order valence-electron chi connectivity index (χ4n) is 3.67. The Morgan fingerprint density at radius 1 is 0.812 bits per heavy atom. The first-order chi connectivity index (χ1) is 15.0. The number of hydrogen-bond donors (Lipinski definition) is 0. The lowest BCUT2D eigenvalue weighted by Gasteiger charge is -2.35. The van der Waals surface area contributed by atoms with Crippen molar-refractivity contribution in [3.05, 3.63) is 58.7 Å². The summed E-state index contributed by atoms with van der Waals surface area (Å²) in [6.07, 6.45) is -10.0. The lowest BCUT2D eigenvalue weighted by atomic mass is 10.0. The van der Waals surface area contributed by atoms with Crippen molar-refractivity contribution in [3.63, 3.8) is 0 Å². The van der Waals surface area contributed by atoms with E-state index in [0.29, 0.717) is 43.3 Å². The minimum absolute atomic E-state index is 0.0140. The van der Waals surface area contributed by atoms with Crippen molar-refractivity contribution in [2.24, 2.45) is 0 Å². The summed E-state index contributed by atoms with van der Waals surface area (Å²) in [6.45, 7) is 1.92. The summed E-state index contributed by atoms with van der Waals surface area (Å²) in [4.78, 5) is 16.0. The third kappa shape index (κ3) is 4.77. The Bertz CT molecular complexity index is 981. The van der Waals surface area contributed by atoms with Crippen molar-refractivity contribution in [3.8, 4) is 11.5 Å². The number of alkyl halides is 6. The molecule has 0 bridgehead atoms. The molecule has 0 atom stereocenters. The first kappa shape index (κ1) is 22.3. The Morgan fingerprint density at radius 3 is 2.00 bits per heavy atom. The zero-order chi connectivity index (χ0) is 23.1. The Hall–Kier alpha value is -2.95. The Balaban J connectivity index is 1.44. The highest BCUT2D eigenvalue weighted by molar-refractivity contribution is 5.94. The van der Waals surface area contributed by atoms with Gasteiger partial charge in [0.15, 0.2) is 11.5 Å². The summed E-state index contributed by atoms with van der Waals surface area (Å²) in [5.74, 6) is 0.439. The molecule has 0 aromatic heterocycles. The highest BCUT2D eigenvalue weighted by Gasteiger charge is 2.38. The molecule has 0 spiro atoms. The molecule has 1 fully saturated rings. The summed E-state index contributed by atoms with van der Waals surface area (Å²) < 4.78 is 89.0. The van der Waals surface area contributed by atoms with Crippen LogP contribution in [0.1, 0.15) is 27.0 Å². The van der Waals surface area contributed by atoms with Gasteiger partial charge in [-0.05, 0) is 35.9 Å². The predicted octanol–water partition coefficient (Wildman–Crippen LogP) is 4.41. The third-order valence-electron chi connectivity index (χ3n) is 5.34. The molecule has 2 aliphatic rings. The van der Waals surface area contributed by atoms with Crippen LogP contribution in [0.5, 0.6) is 11.5 Å². The number of halogens is 6. The first-order valence-corrected chi connectivity index (χ1v) is 9.70. The van der Waals surface area contributed by atoms with E-state index in [-0.39, 0.29) is 25.9 Å². The van der Waals surface area contributed by atoms with E-state index >= 15 is 0 Å². The van der Waals surface area contributed by atoms with Gasteiger partial charge in [-0.2, -0.15) is 26.3 Å². The molecular weight excluding hydrogens is 442 g/mol. The Labute approximate surface area is 179 Å². The molecule has 11 heteroatoms. The Kier molecular flexibility index (Phi) is 5.70. The Morgan fingerprint density at radius 2 is 1.41 bits per heavy atom. The zero-order valence-electron chi connectivity index (χ0n) is 16.6. The van der Waals surface area contributed by atoms with Gasteiger partial charge in [0.2, 0.25) is 6.79 Å². The zero-order valence-corrected chi connectivity index (χ0v) is 16.6. The summed E-state index contributed by atoms with van der Waals surface area (Å²) in [5.41, 5.74) is -2.67. The summed E-state index contributed by atoms with van der Waals surface area (Å²) in [6, 6.07) is 6.48. The van der Waals surface area contributed by atoms with Crippen molar-refractivity contribution in [1.82, 2.24) is 9.80 Å². The number of amides is 1. The van der Waals surface area contributed by atoms with Crippen molar-refractivity contribution < 1.29 is 40.6 Å². The number of rotatable bonds is 3. The third-order valence-corrected chi connectivity index (χ3v) is 5.34. The van der Waals surface area contributed by atoms with Crippen LogP contribution in [0.25, 0.3) is 0 Å². The molecule has 2 heterocycles. The van der Waals surface area contributed by atoms with Crippen LogP contribution in [0.15, 0.2) is 36.4 Å². The molecule has 0 aliphatic carbocycles. The maximum atomic E-state index is 13.1. The van der Waals surface area contributed by atoms with E-state index in [2.05, 4.69) is 0 Å². The fourth-order valence-corrected chi connectivity index (χ4v) is 3.67. The van der Waals surface area contributed by atoms with Crippen LogP contribution >= 0.6 is 0 Å². The van der Waals surface area contributed by atoms with Gasteiger partial charge in [0, 0.05) is 38.3 Å². The molecule has 0 saturated carbocycles. The molecule has 0 unspecified atom stereocenters. The minimum atomic E-state index is -5.00. The van der Waals surface area contributed by atoms with E-state index in [1.807, 2.05) is 17.0 Å². The topological polar surface area (TPSA) is 42.0 Å². The van der Waals surface area contributed by atoms with Gasteiger partial charge >= 0.3 is 12.4 Å². The molecule has 2 aliphatic heterocycles. The second kappa shape index (κ2) is 8.19. The van der Waals surface area contributed by atoms with Crippen LogP contribution in [-0.4, -0.2) is 48.7 Å². The van der Waals surface area contributed by atoms with Crippen molar-refractivity contribution >= 4 is 5.91 Å². The lowest BCUT2D eigenvalue weighted by Crippen LogP contribution is -2.48. The van der Waals surface area contributed by atoms with Crippen LogP contribution in [0.2, 0.25) is 0 Å². The van der Waals surface area contributed by atoms with Crippen LogP contribution in [0.4, 0.5) is 26.3 Å². The van der Waals surface area contributed by atoms with Gasteiger partial charge in [0.05, 0.1) is 11.1 Å². The van der Waals surface area contributed by atoms with E-state index in [1.165, 1.54) is 4.90 Å². The molecule has 4 rings (SSSR count). The molecule has 5 nitrogen and oxygen atoms in total. The van der Waals surface area contributed by atoms with Crippen LogP contribution in [-0.2, 0) is 18.9 Å². The normalized spacial score (nSPS) is 17.0. The highest BCUT2D eigenvalue weighted by atomic mass is 19.4. The maximum absolute atomic E-state index is 13.1. The average molecular weight is 460 g/mol. The quantitative estimate of drug-likeness (QED) is 0.637. The maximum Gasteiger partial charge on any atom is 0.416 e. The van der Waals surface area contributed by atoms with E-state index in [4.69, 9.17) is 9.47 Å². The SMILES string of the molecule is O=C(c1cc(C(F)(F)F)cc(C(F)(F)F)c1)N1CCN(Cc2ccc3c(c2)OCO3)CC1. The van der Waals surface area contributed by atoms with Crippen molar-refractivity contribution in [1.29, 1.82) is 0 Å². The molecule has 0 N–H and O–H groups in total. The van der Waals surface area contributed by atoms with E-state index in [0.717, 1.165) is 5.56 Å². The largest absolute Gasteiger partial charge is 0.454 e. The molecule has 0 radical (unpaired) electrons. The van der Waals surface area contributed by atoms with Gasteiger partial charge in [-0.1, -0.05) is 6.07 Å². The van der Waals surface area contributed by atoms with Gasteiger partial charge in [0.1, 0.15) is 0 Å². The number of ether oxygens (including phenoxy) is 2. The van der Waals surface area contributed by atoms with Gasteiger partial charge in [-0.3, -0.25) is 9.69 Å². The van der Waals surface area contributed by atoms with Crippen LogP contribution in [0.3, 0.4) is 0 Å². The number of nitrogens with zero attached hydrogens (tertiary/aromatic N) is 2. The van der Waals surface area contributed by atoms with Crippen molar-refractivity contribution in [2.45, 2.75) is 18.9 Å². The average Bonchev–Trinajstić information content (AvgIpc) is 3.20. The van der Waals surface area contributed by atoms with Gasteiger partial charge in [-0.15, -0.1) is 0 Å². The second-order valence-electron chi connectivity index (χ2n) is 7.55. The first-order valence-electron chi connectivity index (χ1n) is 9.70. The molecule has 2 aromatic carbocycles. The smallest absolute Gasteiger partial charge is 0.416 e. The number of piperazine rings is 1. The summed E-state index contributed by atoms with van der Waals surface area (Å²) >= 11 is 0. The summed E-state index contributed by atoms with van der Waals surface area (Å²) in [7, 11) is 0. The number of fused-ring (bicyclic) bond motifs is 1. The molecule has 1 amide bonds. The van der Waals surface area contributed by atoms with Crippen molar-refractivity contribution in [2.75, 3.05) is 33.0 Å². The number of carbonyl (C=O) groups is 1. The second-order valence-corrected chi connectivity index (χ2v) is 7.55. The molecule has 2 aromatic rings. The van der Waals surface area contributed by atoms with Crippen LogP contribution in [0, 0.1) is 0 Å². The van der Waals surface area contributed by atoms with Gasteiger partial charge in [-0.25, -0.2) is 0 Å². The van der Waals surface area contributed by atoms with Crippen LogP contribution < -0.4 is 9.47 Å². The fraction of sp³-hybridized carbons (Fsp3) is 0.381. The molecule has 1 saturated heterocycles. The number of benzene rings is 2. The van der Waals surface area contributed by atoms with Gasteiger partial charge < -0.3 is 14.4 Å². The molecule has 172 valence electrons. The number of hydrogen-bond acceptors (Lipinski definition) is 4. The monoisotopic (exact) mass is 460 g/mol. The number of carbonyl (C=O) groups excluding carboxylic acids is 1. The van der Waals surface area contributed by atoms with E-state index in [1.54, 1.807) is 6.07 Å². The highest BCUT2D eigenvalue weighted by Crippen LogP contribution is 2.37. The summed E-state index contributed by atoms with van der Waals surface area (Å²) in [5, 5.41) is 0. The minimum Gasteiger partial charge on any atom is -0.454 e. The lowest BCUT2D eigenvalue weighted by molar-refractivity contribution is -0.143. The predicted molar refractivity (Wildman–Crippen MR) is 100 cm³/mol. The van der Waals surface area contributed by atoms with Gasteiger partial charge in [0.25, 0.3) is 5.91 Å². The molecule has 32 heavy (non-hydrogen) atoms. The van der Waals surface area contributed by atoms with E-state index in [9.17, 15) is 31.1 Å². The molecular formula is C21H18F6N2O3. The van der Waals surface area contributed by atoms with E-state index < -0.39 is 35.0 Å². The standard InChI is InChI=1S/C21H18F6N2O3/c22-20(23,24)15-8-14(9-16(10-15)21(25,26)27)19(30)29-5-3-28(4-6-29)11-13-1-2-17-18(7-13)32-12-31-17/h1-2,7-10H,3-6,11-12H2.